The van der Waals surface area contributed by atoms with Gasteiger partial charge in [0.05, 0.1) is 11.1 Å². The molecule has 1 unspecified atom stereocenters. The van der Waals surface area contributed by atoms with Gasteiger partial charge in [0.25, 0.3) is 5.91 Å². The number of carbonyl (C=O) groups excluding carboxylic acids is 2. The molecule has 0 bridgehead atoms. The second kappa shape index (κ2) is 8.63. The van der Waals surface area contributed by atoms with Crippen LogP contribution < -0.4 is 14.8 Å². The van der Waals surface area contributed by atoms with Gasteiger partial charge in [0.1, 0.15) is 0 Å². The second-order valence-electron chi connectivity index (χ2n) is 7.72. The standard InChI is InChI=1S/C24H24N2O5/c1-14(2)20-11-18(17-6-4-5-7-19(17)26-20)24(28)31-15(3)23(27)25-12-16-8-9-21-22(10-16)30-13-29-21/h4-11,14-15H,12-13H2,1-3H3,(H,25,27). The van der Waals surface area contributed by atoms with Crippen molar-refractivity contribution >= 4 is 22.8 Å². The van der Waals surface area contributed by atoms with Crippen LogP contribution in [0.2, 0.25) is 0 Å². The Morgan fingerprint density at radius 2 is 1.84 bits per heavy atom. The van der Waals surface area contributed by atoms with Crippen molar-refractivity contribution in [2.45, 2.75) is 39.3 Å². The molecule has 0 saturated heterocycles. The van der Waals surface area contributed by atoms with Gasteiger partial charge in [-0.3, -0.25) is 9.78 Å². The second-order valence-corrected chi connectivity index (χ2v) is 7.72. The van der Waals surface area contributed by atoms with Gasteiger partial charge in [0.15, 0.2) is 17.6 Å². The van der Waals surface area contributed by atoms with Gasteiger partial charge in [-0.2, -0.15) is 0 Å². The first-order valence-electron chi connectivity index (χ1n) is 10.2. The summed E-state index contributed by atoms with van der Waals surface area (Å²) in [6.45, 7) is 6.06. The van der Waals surface area contributed by atoms with E-state index in [0.717, 1.165) is 16.8 Å². The Bertz CT molecular complexity index is 1140. The Kier molecular flexibility index (Phi) is 5.75. The average Bonchev–Trinajstić information content (AvgIpc) is 3.24. The molecule has 0 fully saturated rings. The van der Waals surface area contributed by atoms with Gasteiger partial charge in [-0.25, -0.2) is 4.79 Å². The molecule has 0 aliphatic carbocycles. The number of esters is 1. The number of pyridine rings is 1. The summed E-state index contributed by atoms with van der Waals surface area (Å²) in [7, 11) is 0. The number of aromatic nitrogens is 1. The molecule has 7 heteroatoms. The van der Waals surface area contributed by atoms with Gasteiger partial charge in [-0.15, -0.1) is 0 Å². The van der Waals surface area contributed by atoms with E-state index in [4.69, 9.17) is 14.2 Å². The number of ether oxygens (including phenoxy) is 3. The van der Waals surface area contributed by atoms with Gasteiger partial charge in [-0.05, 0) is 42.7 Å². The Morgan fingerprint density at radius 3 is 2.65 bits per heavy atom. The normalized spacial score (nSPS) is 13.3. The Labute approximate surface area is 180 Å². The minimum absolute atomic E-state index is 0.151. The lowest BCUT2D eigenvalue weighted by atomic mass is 10.0. The summed E-state index contributed by atoms with van der Waals surface area (Å²) in [4.78, 5) is 30.0. The highest BCUT2D eigenvalue weighted by Gasteiger charge is 2.22. The molecule has 0 radical (unpaired) electrons. The third-order valence-electron chi connectivity index (χ3n) is 5.10. The van der Waals surface area contributed by atoms with Crippen molar-refractivity contribution < 1.29 is 23.8 Å². The first kappa shape index (κ1) is 20.7. The topological polar surface area (TPSA) is 86.8 Å². The van der Waals surface area contributed by atoms with Crippen LogP contribution in [0.1, 0.15) is 48.3 Å². The molecule has 2 heterocycles. The van der Waals surface area contributed by atoms with Crippen molar-refractivity contribution in [2.75, 3.05) is 6.79 Å². The zero-order valence-electron chi connectivity index (χ0n) is 17.7. The maximum absolute atomic E-state index is 12.9. The molecular weight excluding hydrogens is 396 g/mol. The maximum Gasteiger partial charge on any atom is 0.339 e. The lowest BCUT2D eigenvalue weighted by molar-refractivity contribution is -0.129. The van der Waals surface area contributed by atoms with Crippen molar-refractivity contribution in [3.8, 4) is 11.5 Å². The van der Waals surface area contributed by atoms with Gasteiger partial charge in [0.2, 0.25) is 6.79 Å². The number of benzene rings is 2. The van der Waals surface area contributed by atoms with Crippen molar-refractivity contribution in [1.82, 2.24) is 10.3 Å². The SMILES string of the molecule is CC(OC(=O)c1cc(C(C)C)nc2ccccc12)C(=O)NCc1ccc2c(c1)OCO2. The van der Waals surface area contributed by atoms with Crippen LogP contribution in [0.3, 0.4) is 0 Å². The lowest BCUT2D eigenvalue weighted by Crippen LogP contribution is -2.35. The number of nitrogens with zero attached hydrogens (tertiary/aromatic N) is 1. The molecule has 2 aromatic carbocycles. The van der Waals surface area contributed by atoms with E-state index in [2.05, 4.69) is 10.3 Å². The largest absolute Gasteiger partial charge is 0.454 e. The Balaban J connectivity index is 1.44. The van der Waals surface area contributed by atoms with Gasteiger partial charge >= 0.3 is 5.97 Å². The number of fused-ring (bicyclic) bond motifs is 2. The van der Waals surface area contributed by atoms with E-state index in [0.29, 0.717) is 22.4 Å². The van der Waals surface area contributed by atoms with Crippen LogP contribution in [-0.4, -0.2) is 29.8 Å². The molecule has 31 heavy (non-hydrogen) atoms. The summed E-state index contributed by atoms with van der Waals surface area (Å²) in [5.74, 6) is 0.553. The number of hydrogen-bond acceptors (Lipinski definition) is 6. The average molecular weight is 420 g/mol. The van der Waals surface area contributed by atoms with Gasteiger partial charge in [-0.1, -0.05) is 38.1 Å². The van der Waals surface area contributed by atoms with Crippen LogP contribution >= 0.6 is 0 Å². The molecule has 7 nitrogen and oxygen atoms in total. The molecule has 160 valence electrons. The molecule has 1 aliphatic heterocycles. The monoisotopic (exact) mass is 420 g/mol. The Hall–Kier alpha value is -3.61. The zero-order chi connectivity index (χ0) is 22.0. The van der Waals surface area contributed by atoms with E-state index < -0.39 is 12.1 Å². The van der Waals surface area contributed by atoms with E-state index in [9.17, 15) is 9.59 Å². The number of amides is 1. The minimum atomic E-state index is -0.948. The summed E-state index contributed by atoms with van der Waals surface area (Å²) in [5, 5.41) is 3.49. The van der Waals surface area contributed by atoms with Crippen molar-refractivity contribution in [3.05, 3.63) is 65.4 Å². The molecular formula is C24H24N2O5. The number of carbonyl (C=O) groups is 2. The van der Waals surface area contributed by atoms with Crippen molar-refractivity contribution in [3.63, 3.8) is 0 Å². The smallest absolute Gasteiger partial charge is 0.339 e. The third kappa shape index (κ3) is 4.45. The molecule has 1 atom stereocenters. The van der Waals surface area contributed by atoms with Crippen molar-refractivity contribution in [2.24, 2.45) is 0 Å². The van der Waals surface area contributed by atoms with E-state index in [1.165, 1.54) is 0 Å². The number of para-hydroxylation sites is 1. The first-order chi connectivity index (χ1) is 14.9. The summed E-state index contributed by atoms with van der Waals surface area (Å²) in [5.41, 5.74) is 2.79. The molecule has 1 N–H and O–H groups in total. The summed E-state index contributed by atoms with van der Waals surface area (Å²) in [6, 6.07) is 14.6. The van der Waals surface area contributed by atoms with Crippen LogP contribution in [0.25, 0.3) is 10.9 Å². The van der Waals surface area contributed by atoms with Crippen LogP contribution in [0.15, 0.2) is 48.5 Å². The van der Waals surface area contributed by atoms with Crippen molar-refractivity contribution in [1.29, 1.82) is 0 Å². The Morgan fingerprint density at radius 1 is 1.06 bits per heavy atom. The van der Waals surface area contributed by atoms with Gasteiger partial charge < -0.3 is 19.5 Å². The number of hydrogen-bond donors (Lipinski definition) is 1. The molecule has 0 saturated carbocycles. The molecule has 1 amide bonds. The fourth-order valence-corrected chi connectivity index (χ4v) is 3.32. The van der Waals surface area contributed by atoms with Crippen LogP contribution in [0.5, 0.6) is 11.5 Å². The van der Waals surface area contributed by atoms with E-state index in [-0.39, 0.29) is 25.2 Å². The number of nitrogens with one attached hydrogen (secondary N) is 1. The fourth-order valence-electron chi connectivity index (χ4n) is 3.32. The fraction of sp³-hybridized carbons (Fsp3) is 0.292. The lowest BCUT2D eigenvalue weighted by Gasteiger charge is -2.16. The predicted molar refractivity (Wildman–Crippen MR) is 115 cm³/mol. The highest BCUT2D eigenvalue weighted by molar-refractivity contribution is 6.04. The first-order valence-corrected chi connectivity index (χ1v) is 10.2. The quantitative estimate of drug-likeness (QED) is 0.608. The predicted octanol–water partition coefficient (Wildman–Crippen LogP) is 3.95. The van der Waals surface area contributed by atoms with Crippen LogP contribution in [-0.2, 0) is 16.1 Å². The minimum Gasteiger partial charge on any atom is -0.454 e. The van der Waals surface area contributed by atoms with E-state index >= 15 is 0 Å². The highest BCUT2D eigenvalue weighted by Crippen LogP contribution is 2.32. The van der Waals surface area contributed by atoms with Crippen LogP contribution in [0.4, 0.5) is 0 Å². The third-order valence-corrected chi connectivity index (χ3v) is 5.10. The summed E-state index contributed by atoms with van der Waals surface area (Å²) < 4.78 is 16.1. The van der Waals surface area contributed by atoms with Crippen LogP contribution in [0, 0.1) is 0 Å². The zero-order valence-corrected chi connectivity index (χ0v) is 17.7. The summed E-state index contributed by atoms with van der Waals surface area (Å²) >= 11 is 0. The maximum atomic E-state index is 12.9. The highest BCUT2D eigenvalue weighted by atomic mass is 16.7. The molecule has 4 rings (SSSR count). The van der Waals surface area contributed by atoms with Gasteiger partial charge in [0, 0.05) is 17.6 Å². The van der Waals surface area contributed by atoms with E-state index in [1.54, 1.807) is 19.1 Å². The molecule has 3 aromatic rings. The molecule has 1 aliphatic rings. The molecule has 1 aromatic heterocycles. The van der Waals surface area contributed by atoms with E-state index in [1.807, 2.05) is 50.2 Å². The molecule has 0 spiro atoms. The summed E-state index contributed by atoms with van der Waals surface area (Å²) in [6.07, 6.45) is -0.948. The number of rotatable bonds is 6.